The van der Waals surface area contributed by atoms with Crippen LogP contribution in [0.15, 0.2) is 24.3 Å². The summed E-state index contributed by atoms with van der Waals surface area (Å²) in [7, 11) is 0. The maximum Gasteiger partial charge on any atom is 0.244 e. The molecule has 1 atom stereocenters. The summed E-state index contributed by atoms with van der Waals surface area (Å²) in [6.07, 6.45) is 1.15. The highest BCUT2D eigenvalue weighted by Gasteiger charge is 2.26. The summed E-state index contributed by atoms with van der Waals surface area (Å²) in [6.45, 7) is 4.89. The average Bonchev–Trinajstić information content (AvgIpc) is 3.08. The van der Waals surface area contributed by atoms with Gasteiger partial charge in [0.05, 0.1) is 13.1 Å². The fourth-order valence-corrected chi connectivity index (χ4v) is 3.95. The highest BCUT2D eigenvalue weighted by Crippen LogP contribution is 2.27. The number of hydrogen-bond donors (Lipinski definition) is 4. The van der Waals surface area contributed by atoms with Gasteiger partial charge in [-0.3, -0.25) is 19.6 Å². The first-order valence-electron chi connectivity index (χ1n) is 9.96. The van der Waals surface area contributed by atoms with E-state index in [2.05, 4.69) is 16.4 Å². The smallest absolute Gasteiger partial charge is 0.244 e. The van der Waals surface area contributed by atoms with E-state index in [4.69, 9.17) is 5.21 Å². The fraction of sp³-hybridized carbons (Fsp3) is 0.476. The molecule has 0 bridgehead atoms. The van der Waals surface area contributed by atoms with Gasteiger partial charge in [0, 0.05) is 35.5 Å². The second-order valence-electron chi connectivity index (χ2n) is 7.98. The highest BCUT2D eigenvalue weighted by molar-refractivity contribution is 5.89. The van der Waals surface area contributed by atoms with Gasteiger partial charge < -0.3 is 15.2 Å². The summed E-state index contributed by atoms with van der Waals surface area (Å²) >= 11 is 0. The van der Waals surface area contributed by atoms with Gasteiger partial charge in [-0.2, -0.15) is 0 Å². The maximum atomic E-state index is 12.6. The van der Waals surface area contributed by atoms with E-state index >= 15 is 0 Å². The van der Waals surface area contributed by atoms with Crippen LogP contribution in [0.5, 0.6) is 0 Å². The Kier molecular flexibility index (Phi) is 6.53. The van der Waals surface area contributed by atoms with Gasteiger partial charge in [-0.1, -0.05) is 32.0 Å². The predicted octanol–water partition coefficient (Wildman–Crippen LogP) is 1.73. The van der Waals surface area contributed by atoms with Gasteiger partial charge in [-0.25, -0.2) is 5.48 Å². The third-order valence-electron chi connectivity index (χ3n) is 5.33. The molecule has 1 aromatic heterocycles. The molecule has 1 aliphatic rings. The Balaban J connectivity index is 1.58. The number of benzene rings is 1. The molecular formula is C21H28N4O4. The van der Waals surface area contributed by atoms with Crippen molar-refractivity contribution in [3.05, 3.63) is 35.5 Å². The van der Waals surface area contributed by atoms with E-state index in [-0.39, 0.29) is 30.7 Å². The highest BCUT2D eigenvalue weighted by atomic mass is 16.5. The predicted molar refractivity (Wildman–Crippen MR) is 108 cm³/mol. The Hall–Kier alpha value is -2.87. The van der Waals surface area contributed by atoms with Gasteiger partial charge in [-0.15, -0.1) is 0 Å². The Morgan fingerprint density at radius 2 is 2.00 bits per heavy atom. The average molecular weight is 400 g/mol. The van der Waals surface area contributed by atoms with E-state index in [1.54, 1.807) is 10.4 Å². The summed E-state index contributed by atoms with van der Waals surface area (Å²) < 4.78 is 0. The number of carbonyl (C=O) groups is 3. The first-order valence-corrected chi connectivity index (χ1v) is 9.96. The van der Waals surface area contributed by atoms with E-state index in [1.165, 1.54) is 10.9 Å². The third-order valence-corrected chi connectivity index (χ3v) is 5.33. The number of hydrogen-bond acceptors (Lipinski definition) is 4. The largest absolute Gasteiger partial charge is 0.357 e. The molecule has 0 spiro atoms. The van der Waals surface area contributed by atoms with Gasteiger partial charge in [0.25, 0.3) is 0 Å². The molecule has 1 aromatic carbocycles. The van der Waals surface area contributed by atoms with Gasteiger partial charge in [-0.05, 0) is 30.4 Å². The molecule has 1 aliphatic heterocycles. The summed E-state index contributed by atoms with van der Waals surface area (Å²) in [4.78, 5) is 41.7. The fourth-order valence-electron chi connectivity index (χ4n) is 3.95. The summed E-state index contributed by atoms with van der Waals surface area (Å²) in [5, 5.41) is 12.6. The van der Waals surface area contributed by atoms with Crippen LogP contribution in [0.4, 0.5) is 0 Å². The van der Waals surface area contributed by atoms with Crippen molar-refractivity contribution in [1.29, 1.82) is 0 Å². The summed E-state index contributed by atoms with van der Waals surface area (Å²) in [5.74, 6) is -1.50. The normalized spacial score (nSPS) is 14.6. The molecule has 0 aliphatic carbocycles. The van der Waals surface area contributed by atoms with Crippen LogP contribution in [0.3, 0.4) is 0 Å². The topological polar surface area (TPSA) is 115 Å². The number of rotatable bonds is 7. The van der Waals surface area contributed by atoms with E-state index in [0.717, 1.165) is 17.6 Å². The van der Waals surface area contributed by atoms with E-state index in [0.29, 0.717) is 19.5 Å². The standard InChI is InChI=1S/C21H28N4O4/c1-13(2)9-14(10-19(26)24-29)21(28)22-11-20(27)25-8-7-16-15-5-3-4-6-17(15)23-18(16)12-25/h3-6,13-14,23,29H,7-12H2,1-2H3,(H,22,28)(H,24,26). The minimum absolute atomic E-state index is 0.107. The van der Waals surface area contributed by atoms with Crippen molar-refractivity contribution in [3.8, 4) is 0 Å². The second-order valence-corrected chi connectivity index (χ2v) is 7.98. The monoisotopic (exact) mass is 400 g/mol. The molecule has 0 fully saturated rings. The van der Waals surface area contributed by atoms with E-state index < -0.39 is 11.8 Å². The lowest BCUT2D eigenvalue weighted by molar-refractivity contribution is -0.137. The van der Waals surface area contributed by atoms with Crippen molar-refractivity contribution < 1.29 is 19.6 Å². The number of aromatic nitrogens is 1. The molecule has 0 saturated carbocycles. The lowest BCUT2D eigenvalue weighted by atomic mass is 9.93. The number of H-pyrrole nitrogens is 1. The first kappa shape index (κ1) is 20.9. The molecule has 8 nitrogen and oxygen atoms in total. The zero-order valence-corrected chi connectivity index (χ0v) is 16.8. The minimum Gasteiger partial charge on any atom is -0.357 e. The van der Waals surface area contributed by atoms with Crippen LogP contribution >= 0.6 is 0 Å². The quantitative estimate of drug-likeness (QED) is 0.418. The lowest BCUT2D eigenvalue weighted by Gasteiger charge is -2.27. The van der Waals surface area contributed by atoms with Crippen LogP contribution in [0.1, 0.15) is 37.9 Å². The van der Waals surface area contributed by atoms with Crippen molar-refractivity contribution in [1.82, 2.24) is 20.7 Å². The number of fused-ring (bicyclic) bond motifs is 3. The molecule has 3 rings (SSSR count). The molecule has 29 heavy (non-hydrogen) atoms. The lowest BCUT2D eigenvalue weighted by Crippen LogP contribution is -2.44. The zero-order chi connectivity index (χ0) is 21.0. The first-order chi connectivity index (χ1) is 13.9. The van der Waals surface area contributed by atoms with Crippen LogP contribution in [-0.2, 0) is 27.3 Å². The molecule has 3 amide bonds. The summed E-state index contributed by atoms with van der Waals surface area (Å²) in [5.41, 5.74) is 4.92. The maximum absolute atomic E-state index is 12.6. The van der Waals surface area contributed by atoms with Crippen LogP contribution in [0, 0.1) is 11.8 Å². The zero-order valence-electron chi connectivity index (χ0n) is 16.8. The number of para-hydroxylation sites is 1. The molecule has 4 N–H and O–H groups in total. The number of hydroxylamine groups is 1. The Morgan fingerprint density at radius 3 is 2.72 bits per heavy atom. The van der Waals surface area contributed by atoms with Crippen molar-refractivity contribution in [2.45, 2.75) is 39.7 Å². The molecule has 0 radical (unpaired) electrons. The van der Waals surface area contributed by atoms with Gasteiger partial charge in [0.2, 0.25) is 17.7 Å². The van der Waals surface area contributed by atoms with Crippen molar-refractivity contribution >= 4 is 28.6 Å². The number of amides is 3. The minimum atomic E-state index is -0.612. The van der Waals surface area contributed by atoms with Gasteiger partial charge >= 0.3 is 0 Å². The summed E-state index contributed by atoms with van der Waals surface area (Å²) in [6, 6.07) is 8.10. The number of nitrogens with one attached hydrogen (secondary N) is 3. The van der Waals surface area contributed by atoms with E-state index in [9.17, 15) is 14.4 Å². The number of aromatic amines is 1. The second kappa shape index (κ2) is 9.09. The molecule has 8 heteroatoms. The van der Waals surface area contributed by atoms with E-state index in [1.807, 2.05) is 32.0 Å². The van der Waals surface area contributed by atoms with Crippen LogP contribution in [-0.4, -0.2) is 45.9 Å². The van der Waals surface area contributed by atoms with Crippen molar-refractivity contribution in [3.63, 3.8) is 0 Å². The van der Waals surface area contributed by atoms with Gasteiger partial charge in [0.1, 0.15) is 0 Å². The van der Waals surface area contributed by atoms with Crippen LogP contribution < -0.4 is 10.8 Å². The Bertz CT molecular complexity index is 905. The SMILES string of the molecule is CC(C)CC(CC(=O)NO)C(=O)NCC(=O)N1CCc2c([nH]c3ccccc23)C1. The molecule has 2 heterocycles. The number of carbonyl (C=O) groups excluding carboxylic acids is 3. The molecule has 156 valence electrons. The van der Waals surface area contributed by atoms with Crippen LogP contribution in [0.2, 0.25) is 0 Å². The molecule has 0 saturated heterocycles. The van der Waals surface area contributed by atoms with Crippen LogP contribution in [0.25, 0.3) is 10.9 Å². The third kappa shape index (κ3) is 4.95. The molecule has 1 unspecified atom stereocenters. The Labute approximate surface area is 169 Å². The van der Waals surface area contributed by atoms with Crippen molar-refractivity contribution in [2.75, 3.05) is 13.1 Å². The number of nitrogens with zero attached hydrogens (tertiary/aromatic N) is 1. The van der Waals surface area contributed by atoms with Crippen molar-refractivity contribution in [2.24, 2.45) is 11.8 Å². The Morgan fingerprint density at radius 1 is 1.24 bits per heavy atom. The van der Waals surface area contributed by atoms with Gasteiger partial charge in [0.15, 0.2) is 0 Å². The molecule has 2 aromatic rings. The molecular weight excluding hydrogens is 372 g/mol.